The van der Waals surface area contributed by atoms with Crippen LogP contribution in [0.1, 0.15) is 28.6 Å². The second-order valence-electron chi connectivity index (χ2n) is 6.00. The summed E-state index contributed by atoms with van der Waals surface area (Å²) in [5.41, 5.74) is 2.65. The van der Waals surface area contributed by atoms with E-state index in [1.807, 2.05) is 42.7 Å². The molecule has 27 heavy (non-hydrogen) atoms. The molecule has 0 spiro atoms. The van der Waals surface area contributed by atoms with Gasteiger partial charge in [0, 0.05) is 10.3 Å². The number of carbonyl (C=O) groups excluding carboxylic acids is 1. The van der Waals surface area contributed by atoms with E-state index in [4.69, 9.17) is 22.2 Å². The lowest BCUT2D eigenvalue weighted by molar-refractivity contribution is 0.0924. The highest BCUT2D eigenvalue weighted by Gasteiger charge is 2.15. The van der Waals surface area contributed by atoms with Crippen molar-refractivity contribution in [1.29, 1.82) is 0 Å². The molecule has 1 aromatic heterocycles. The fourth-order valence-electron chi connectivity index (χ4n) is 2.58. The Labute approximate surface area is 166 Å². The molecule has 1 heterocycles. The van der Waals surface area contributed by atoms with Crippen molar-refractivity contribution in [1.82, 2.24) is 10.8 Å². The van der Waals surface area contributed by atoms with Crippen molar-refractivity contribution in [2.24, 2.45) is 0 Å². The third-order valence-electron chi connectivity index (χ3n) is 4.15. The van der Waals surface area contributed by atoms with E-state index < -0.39 is 0 Å². The predicted octanol–water partition coefficient (Wildman–Crippen LogP) is 4.14. The molecular weight excluding hydrogens is 380 g/mol. The van der Waals surface area contributed by atoms with E-state index in [1.165, 1.54) is 11.3 Å². The average molecular weight is 401 g/mol. The van der Waals surface area contributed by atoms with E-state index in [2.05, 4.69) is 5.32 Å². The van der Waals surface area contributed by atoms with Gasteiger partial charge in [0.25, 0.3) is 5.91 Å². The minimum absolute atomic E-state index is 0.0821. The number of ether oxygens (including phenoxy) is 1. The normalized spacial score (nSPS) is 11.8. The fourth-order valence-corrected chi connectivity index (χ4v) is 3.68. The molecule has 3 rings (SSSR count). The highest BCUT2D eigenvalue weighted by molar-refractivity contribution is 7.80. The molecule has 0 radical (unpaired) electrons. The summed E-state index contributed by atoms with van der Waals surface area (Å²) in [6.45, 7) is 2.38. The second kappa shape index (κ2) is 8.94. The average Bonchev–Trinajstić information content (AvgIpc) is 3.15. The summed E-state index contributed by atoms with van der Waals surface area (Å²) in [6, 6.07) is 16.9. The Morgan fingerprint density at radius 3 is 2.63 bits per heavy atom. The van der Waals surface area contributed by atoms with Crippen molar-refractivity contribution in [3.8, 4) is 5.75 Å². The summed E-state index contributed by atoms with van der Waals surface area (Å²) < 4.78 is 6.88. The zero-order valence-electron chi connectivity index (χ0n) is 14.8. The van der Waals surface area contributed by atoms with Crippen molar-refractivity contribution < 1.29 is 14.7 Å². The molecule has 7 heteroatoms. The van der Waals surface area contributed by atoms with E-state index in [9.17, 15) is 4.79 Å². The molecular formula is C20H20N2O3S2. The van der Waals surface area contributed by atoms with Crippen LogP contribution >= 0.6 is 23.6 Å². The Hall–Kier alpha value is -2.48. The van der Waals surface area contributed by atoms with Crippen LogP contribution < -0.4 is 15.5 Å². The van der Waals surface area contributed by atoms with Gasteiger partial charge in [0.2, 0.25) is 0 Å². The zero-order chi connectivity index (χ0) is 19.2. The molecule has 3 N–H and O–H groups in total. The molecule has 0 aliphatic heterocycles. The summed E-state index contributed by atoms with van der Waals surface area (Å²) in [6.07, 6.45) is 0.757. The minimum Gasteiger partial charge on any atom is -0.491 e. The maximum absolute atomic E-state index is 12.5. The van der Waals surface area contributed by atoms with Gasteiger partial charge in [-0.05, 0) is 48.2 Å². The lowest BCUT2D eigenvalue weighted by Gasteiger charge is -2.17. The Balaban J connectivity index is 1.58. The number of carbonyl (C=O) groups is 1. The van der Waals surface area contributed by atoms with Gasteiger partial charge in [0.1, 0.15) is 17.3 Å². The first-order valence-electron chi connectivity index (χ1n) is 8.57. The number of hydrogen-bond donors (Lipinski definition) is 3. The minimum atomic E-state index is -0.0948. The number of nitrogens with one attached hydrogen (secondary N) is 2. The van der Waals surface area contributed by atoms with Crippen LogP contribution in [-0.2, 0) is 0 Å². The van der Waals surface area contributed by atoms with Crippen molar-refractivity contribution in [2.45, 2.75) is 19.4 Å². The monoisotopic (exact) mass is 400 g/mol. The first-order valence-corrected chi connectivity index (χ1v) is 9.80. The van der Waals surface area contributed by atoms with Crippen molar-refractivity contribution in [3.05, 3.63) is 65.0 Å². The SMILES string of the molecule is CC[C@@H](COc1ccc(C(=S)NO)cc1)NC(=O)c1cc2ccccc2s1. The first-order chi connectivity index (χ1) is 13.1. The van der Waals surface area contributed by atoms with Crippen LogP contribution in [0, 0.1) is 0 Å². The molecule has 0 saturated heterocycles. The molecule has 1 amide bonds. The molecule has 2 aromatic carbocycles. The molecule has 5 nitrogen and oxygen atoms in total. The number of hydrogen-bond acceptors (Lipinski definition) is 5. The van der Waals surface area contributed by atoms with Crippen molar-refractivity contribution in [2.75, 3.05) is 6.61 Å². The van der Waals surface area contributed by atoms with Gasteiger partial charge in [0.15, 0.2) is 0 Å². The number of rotatable bonds is 7. The molecule has 140 valence electrons. The number of amides is 1. The largest absolute Gasteiger partial charge is 0.491 e. The van der Waals surface area contributed by atoms with Gasteiger partial charge in [-0.2, -0.15) is 0 Å². The Bertz CT molecular complexity index is 905. The van der Waals surface area contributed by atoms with E-state index in [0.29, 0.717) is 22.8 Å². The molecule has 0 unspecified atom stereocenters. The lowest BCUT2D eigenvalue weighted by Crippen LogP contribution is -2.38. The third kappa shape index (κ3) is 4.82. The summed E-state index contributed by atoms with van der Waals surface area (Å²) in [5.74, 6) is 0.593. The molecule has 0 saturated carbocycles. The van der Waals surface area contributed by atoms with E-state index in [1.54, 1.807) is 24.3 Å². The summed E-state index contributed by atoms with van der Waals surface area (Å²) in [5, 5.41) is 12.9. The van der Waals surface area contributed by atoms with Crippen molar-refractivity contribution >= 4 is 44.5 Å². The van der Waals surface area contributed by atoms with Gasteiger partial charge in [-0.1, -0.05) is 37.3 Å². The van der Waals surface area contributed by atoms with Crippen LogP contribution in [-0.4, -0.2) is 28.8 Å². The number of fused-ring (bicyclic) bond motifs is 1. The smallest absolute Gasteiger partial charge is 0.261 e. The van der Waals surface area contributed by atoms with Crippen LogP contribution in [0.3, 0.4) is 0 Å². The quantitative estimate of drug-likeness (QED) is 0.411. The van der Waals surface area contributed by atoms with Crippen LogP contribution in [0.25, 0.3) is 10.1 Å². The van der Waals surface area contributed by atoms with E-state index in [-0.39, 0.29) is 16.9 Å². The van der Waals surface area contributed by atoms with Crippen LogP contribution in [0.2, 0.25) is 0 Å². The third-order valence-corrected chi connectivity index (χ3v) is 5.59. The number of thiocarbonyl (C=S) groups is 1. The summed E-state index contributed by atoms with van der Waals surface area (Å²) in [4.78, 5) is 13.5. The van der Waals surface area contributed by atoms with Gasteiger partial charge in [-0.25, -0.2) is 0 Å². The lowest BCUT2D eigenvalue weighted by atomic mass is 10.2. The topological polar surface area (TPSA) is 70.6 Å². The highest BCUT2D eigenvalue weighted by Crippen LogP contribution is 2.25. The molecule has 1 atom stereocenters. The van der Waals surface area contributed by atoms with Crippen LogP contribution in [0.15, 0.2) is 54.6 Å². The van der Waals surface area contributed by atoms with Crippen LogP contribution in [0.4, 0.5) is 0 Å². The standard InChI is InChI=1S/C20H20N2O3S2/c1-2-15(12-25-16-9-7-13(8-10-16)20(26)22-24)21-19(23)18-11-14-5-3-4-6-17(14)27-18/h3-11,15,24H,2,12H2,1H3,(H,21,23)(H,22,26)/t15-/m0/s1. The van der Waals surface area contributed by atoms with Gasteiger partial charge in [0.05, 0.1) is 10.9 Å². The number of thiophene rings is 1. The van der Waals surface area contributed by atoms with E-state index in [0.717, 1.165) is 16.5 Å². The zero-order valence-corrected chi connectivity index (χ0v) is 16.4. The molecule has 3 aromatic rings. The maximum Gasteiger partial charge on any atom is 0.261 e. The Kier molecular flexibility index (Phi) is 6.39. The number of hydroxylamine groups is 1. The predicted molar refractivity (Wildman–Crippen MR) is 112 cm³/mol. The van der Waals surface area contributed by atoms with Gasteiger partial charge in [-0.15, -0.1) is 11.3 Å². The van der Waals surface area contributed by atoms with Gasteiger partial charge in [-0.3, -0.25) is 15.5 Å². The molecule has 0 aliphatic carbocycles. The van der Waals surface area contributed by atoms with Crippen LogP contribution in [0.5, 0.6) is 5.75 Å². The van der Waals surface area contributed by atoms with Gasteiger partial charge < -0.3 is 10.1 Å². The molecule has 0 aliphatic rings. The number of benzene rings is 2. The summed E-state index contributed by atoms with van der Waals surface area (Å²) in [7, 11) is 0. The highest BCUT2D eigenvalue weighted by atomic mass is 32.1. The van der Waals surface area contributed by atoms with E-state index >= 15 is 0 Å². The Morgan fingerprint density at radius 1 is 1.22 bits per heavy atom. The fraction of sp³-hybridized carbons (Fsp3) is 0.200. The van der Waals surface area contributed by atoms with Gasteiger partial charge >= 0.3 is 0 Å². The maximum atomic E-state index is 12.5. The Morgan fingerprint density at radius 2 is 1.96 bits per heavy atom. The first kappa shape index (κ1) is 19.3. The molecule has 0 fully saturated rings. The molecule has 0 bridgehead atoms. The second-order valence-corrected chi connectivity index (χ2v) is 7.50. The summed E-state index contributed by atoms with van der Waals surface area (Å²) >= 11 is 6.45. The van der Waals surface area contributed by atoms with Crippen molar-refractivity contribution in [3.63, 3.8) is 0 Å².